The molecule has 1 aromatic carbocycles. The van der Waals surface area contributed by atoms with E-state index in [1.54, 1.807) is 10.6 Å². The fraction of sp³-hybridized carbons (Fsp3) is 0.417. The third kappa shape index (κ3) is 1.58. The van der Waals surface area contributed by atoms with Gasteiger partial charge in [-0.1, -0.05) is 0 Å². The maximum Gasteiger partial charge on any atom is 0.327 e. The van der Waals surface area contributed by atoms with Gasteiger partial charge in [-0.15, -0.1) is 0 Å². The first-order chi connectivity index (χ1) is 8.16. The Kier molecular flexibility index (Phi) is 2.29. The number of rotatable bonds is 1. The Hall–Kier alpha value is -1.62. The van der Waals surface area contributed by atoms with Crippen molar-refractivity contribution >= 4 is 11.0 Å². The summed E-state index contributed by atoms with van der Waals surface area (Å²) in [6.45, 7) is 0.991. The molecule has 0 bridgehead atoms. The summed E-state index contributed by atoms with van der Waals surface area (Å²) < 4.78 is 14.8. The summed E-state index contributed by atoms with van der Waals surface area (Å²) >= 11 is 0. The van der Waals surface area contributed by atoms with E-state index in [9.17, 15) is 9.18 Å². The highest BCUT2D eigenvalue weighted by atomic mass is 19.1. The van der Waals surface area contributed by atoms with E-state index in [0.717, 1.165) is 24.9 Å². The molecule has 1 fully saturated rings. The molecule has 0 aliphatic carbocycles. The number of imidazole rings is 1. The number of aromatic nitrogens is 2. The van der Waals surface area contributed by atoms with Crippen LogP contribution in [0.1, 0.15) is 19.0 Å². The number of halogens is 1. The second-order valence-corrected chi connectivity index (χ2v) is 4.57. The van der Waals surface area contributed by atoms with Gasteiger partial charge in [-0.2, -0.15) is 0 Å². The second kappa shape index (κ2) is 3.70. The smallest absolute Gasteiger partial charge is 0.305 e. The molecular formula is C12H14FN3O. The van der Waals surface area contributed by atoms with E-state index < -0.39 is 0 Å². The quantitative estimate of drug-likeness (QED) is 0.817. The Bertz CT molecular complexity index is 616. The number of hydrogen-bond donors (Lipinski definition) is 1. The van der Waals surface area contributed by atoms with Gasteiger partial charge in [0, 0.05) is 0 Å². The number of likely N-dealkylation sites (tertiary alicyclic amines) is 1. The standard InChI is InChI=1S/C12H14FN3O/c1-15-6-2-3-11(15)16-10-5-4-8(13)7-9(10)14-12(16)17/h4-5,7,11H,2-3,6H2,1H3,(H,14,17). The van der Waals surface area contributed by atoms with E-state index in [2.05, 4.69) is 9.88 Å². The van der Waals surface area contributed by atoms with Crippen LogP contribution in [0.25, 0.3) is 11.0 Å². The lowest BCUT2D eigenvalue weighted by molar-refractivity contribution is 0.238. The highest BCUT2D eigenvalue weighted by Crippen LogP contribution is 2.26. The fourth-order valence-corrected chi connectivity index (χ4v) is 2.62. The van der Waals surface area contributed by atoms with Gasteiger partial charge >= 0.3 is 5.69 Å². The average molecular weight is 235 g/mol. The average Bonchev–Trinajstić information content (AvgIpc) is 2.80. The van der Waals surface area contributed by atoms with Crippen LogP contribution in [0.3, 0.4) is 0 Å². The molecule has 2 heterocycles. The number of aromatic amines is 1. The second-order valence-electron chi connectivity index (χ2n) is 4.57. The third-order valence-corrected chi connectivity index (χ3v) is 3.46. The summed E-state index contributed by atoms with van der Waals surface area (Å²) in [5, 5.41) is 0. The van der Waals surface area contributed by atoms with Crippen LogP contribution in [0.4, 0.5) is 4.39 Å². The van der Waals surface area contributed by atoms with Crippen LogP contribution in [0, 0.1) is 5.82 Å². The van der Waals surface area contributed by atoms with Crippen molar-refractivity contribution in [3.8, 4) is 0 Å². The molecule has 5 heteroatoms. The van der Waals surface area contributed by atoms with Crippen molar-refractivity contribution in [3.05, 3.63) is 34.5 Å². The number of benzene rings is 1. The van der Waals surface area contributed by atoms with E-state index in [1.807, 2.05) is 7.05 Å². The Labute approximate surface area is 97.7 Å². The maximum atomic E-state index is 13.1. The van der Waals surface area contributed by atoms with Crippen LogP contribution in [-0.2, 0) is 0 Å². The van der Waals surface area contributed by atoms with Gasteiger partial charge in [-0.05, 0) is 44.6 Å². The van der Waals surface area contributed by atoms with Crippen molar-refractivity contribution in [3.63, 3.8) is 0 Å². The van der Waals surface area contributed by atoms with Crippen LogP contribution in [-0.4, -0.2) is 28.0 Å². The zero-order chi connectivity index (χ0) is 12.0. The molecule has 90 valence electrons. The molecule has 0 spiro atoms. The van der Waals surface area contributed by atoms with Gasteiger partial charge in [0.05, 0.1) is 17.2 Å². The molecule has 1 aromatic heterocycles. The molecule has 0 radical (unpaired) electrons. The maximum absolute atomic E-state index is 13.1. The molecule has 0 saturated carbocycles. The van der Waals surface area contributed by atoms with E-state index in [-0.39, 0.29) is 17.7 Å². The van der Waals surface area contributed by atoms with E-state index in [0.29, 0.717) is 5.52 Å². The summed E-state index contributed by atoms with van der Waals surface area (Å²) in [7, 11) is 2.01. The zero-order valence-corrected chi connectivity index (χ0v) is 9.61. The molecule has 1 N–H and O–H groups in total. The van der Waals surface area contributed by atoms with E-state index in [1.165, 1.54) is 12.1 Å². The first-order valence-electron chi connectivity index (χ1n) is 5.77. The van der Waals surface area contributed by atoms with Crippen molar-refractivity contribution in [1.29, 1.82) is 0 Å². The Morgan fingerprint density at radius 1 is 1.47 bits per heavy atom. The minimum Gasteiger partial charge on any atom is -0.305 e. The van der Waals surface area contributed by atoms with Crippen LogP contribution in [0.2, 0.25) is 0 Å². The topological polar surface area (TPSA) is 41.0 Å². The molecular weight excluding hydrogens is 221 g/mol. The largest absolute Gasteiger partial charge is 0.327 e. The number of H-pyrrole nitrogens is 1. The van der Waals surface area contributed by atoms with Crippen molar-refractivity contribution in [2.45, 2.75) is 19.0 Å². The van der Waals surface area contributed by atoms with Gasteiger partial charge in [0.25, 0.3) is 0 Å². The molecule has 3 rings (SSSR count). The third-order valence-electron chi connectivity index (χ3n) is 3.46. The molecule has 1 unspecified atom stereocenters. The molecule has 1 atom stereocenters. The van der Waals surface area contributed by atoms with Crippen LogP contribution < -0.4 is 5.69 Å². The highest BCUT2D eigenvalue weighted by molar-refractivity contribution is 5.75. The first-order valence-corrected chi connectivity index (χ1v) is 5.77. The molecule has 2 aromatic rings. The lowest BCUT2D eigenvalue weighted by atomic mass is 10.3. The van der Waals surface area contributed by atoms with Gasteiger partial charge in [0.15, 0.2) is 0 Å². The van der Waals surface area contributed by atoms with Crippen molar-refractivity contribution in [1.82, 2.24) is 14.5 Å². The lowest BCUT2D eigenvalue weighted by Gasteiger charge is -2.20. The normalized spacial score (nSPS) is 21.4. The summed E-state index contributed by atoms with van der Waals surface area (Å²) in [6, 6.07) is 4.41. The molecule has 4 nitrogen and oxygen atoms in total. The van der Waals surface area contributed by atoms with E-state index in [4.69, 9.17) is 0 Å². The SMILES string of the molecule is CN1CCCC1n1c(=O)[nH]c2cc(F)ccc21. The number of fused-ring (bicyclic) bond motifs is 1. The van der Waals surface area contributed by atoms with Crippen LogP contribution >= 0.6 is 0 Å². The van der Waals surface area contributed by atoms with Crippen molar-refractivity contribution in [2.24, 2.45) is 0 Å². The summed E-state index contributed by atoms with van der Waals surface area (Å²) in [4.78, 5) is 16.8. The monoisotopic (exact) mass is 235 g/mol. The van der Waals surface area contributed by atoms with Crippen LogP contribution in [0.15, 0.2) is 23.0 Å². The minimum absolute atomic E-state index is 0.0849. The molecule has 1 saturated heterocycles. The van der Waals surface area contributed by atoms with Gasteiger partial charge in [-0.3, -0.25) is 9.47 Å². The van der Waals surface area contributed by atoms with Gasteiger partial charge in [0.2, 0.25) is 0 Å². The number of hydrogen-bond acceptors (Lipinski definition) is 2. The fourth-order valence-electron chi connectivity index (χ4n) is 2.62. The Balaban J connectivity index is 2.22. The van der Waals surface area contributed by atoms with Gasteiger partial charge in [0.1, 0.15) is 5.82 Å². The minimum atomic E-state index is -0.328. The summed E-state index contributed by atoms with van der Waals surface area (Å²) in [5.74, 6) is -0.328. The Morgan fingerprint density at radius 3 is 3.00 bits per heavy atom. The lowest BCUT2D eigenvalue weighted by Crippen LogP contribution is -2.30. The predicted molar refractivity (Wildman–Crippen MR) is 63.4 cm³/mol. The van der Waals surface area contributed by atoms with Crippen LogP contribution in [0.5, 0.6) is 0 Å². The Morgan fingerprint density at radius 2 is 2.29 bits per heavy atom. The first kappa shape index (κ1) is 10.5. The zero-order valence-electron chi connectivity index (χ0n) is 9.61. The number of nitrogens with zero attached hydrogens (tertiary/aromatic N) is 2. The van der Waals surface area contributed by atoms with Gasteiger partial charge < -0.3 is 4.98 Å². The number of nitrogens with one attached hydrogen (secondary N) is 1. The predicted octanol–water partition coefficient (Wildman–Crippen LogP) is 1.69. The molecule has 1 aliphatic heterocycles. The van der Waals surface area contributed by atoms with E-state index >= 15 is 0 Å². The molecule has 17 heavy (non-hydrogen) atoms. The van der Waals surface area contributed by atoms with Gasteiger partial charge in [-0.25, -0.2) is 9.18 Å². The van der Waals surface area contributed by atoms with Crippen molar-refractivity contribution < 1.29 is 4.39 Å². The molecule has 0 amide bonds. The summed E-state index contributed by atoms with van der Waals surface area (Å²) in [6.07, 6.45) is 2.13. The van der Waals surface area contributed by atoms with Crippen molar-refractivity contribution in [2.75, 3.05) is 13.6 Å². The highest BCUT2D eigenvalue weighted by Gasteiger charge is 2.25. The summed E-state index contributed by atoms with van der Waals surface area (Å²) in [5.41, 5.74) is 1.18. The molecule has 1 aliphatic rings.